The topological polar surface area (TPSA) is 202 Å². The molecule has 0 aromatic carbocycles. The quantitative estimate of drug-likeness (QED) is 0.193. The Kier molecular flexibility index (Phi) is 17.2. The van der Waals surface area contributed by atoms with E-state index in [0.29, 0.717) is 0 Å². The van der Waals surface area contributed by atoms with Gasteiger partial charge in [-0.05, 0) is 0 Å². The molecule has 0 saturated heterocycles. The van der Waals surface area contributed by atoms with E-state index in [4.69, 9.17) is 38.8 Å². The molecular weight excluding hydrogens is 333 g/mol. The van der Waals surface area contributed by atoms with Gasteiger partial charge in [0.15, 0.2) is 0 Å². The van der Waals surface area contributed by atoms with Gasteiger partial charge in [0.25, 0.3) is 0 Å². The third-order valence-electron chi connectivity index (χ3n) is 0.213. The van der Waals surface area contributed by atoms with Crippen molar-refractivity contribution in [3.05, 3.63) is 0 Å². The van der Waals surface area contributed by atoms with E-state index in [2.05, 4.69) is 4.31 Å². The fourth-order valence-electron chi connectivity index (χ4n) is 0.139. The molecule has 0 rings (SSSR count). The minimum atomic E-state index is -5.05. The van der Waals surface area contributed by atoms with Gasteiger partial charge in [0.1, 0.15) is 0 Å². The summed E-state index contributed by atoms with van der Waals surface area (Å²) in [7, 11) is -14.7. The Morgan fingerprint density at radius 1 is 0.688 bits per heavy atom. The maximum atomic E-state index is 9.63. The van der Waals surface area contributed by atoms with Crippen LogP contribution in [0.2, 0.25) is 0 Å². The molecule has 0 heterocycles. The van der Waals surface area contributed by atoms with E-state index in [1.165, 1.54) is 0 Å². The summed E-state index contributed by atoms with van der Waals surface area (Å²) in [4.78, 5) is 52.6. The Hall–Kier alpha value is 2.40. The van der Waals surface area contributed by atoms with Crippen molar-refractivity contribution in [3.63, 3.8) is 0 Å². The Morgan fingerprint density at radius 3 is 0.812 bits per heavy atom. The van der Waals surface area contributed by atoms with Crippen LogP contribution in [0.1, 0.15) is 0 Å². The van der Waals surface area contributed by atoms with Crippen molar-refractivity contribution in [2.24, 2.45) is 0 Å². The molecule has 0 aromatic heterocycles. The first-order chi connectivity index (χ1) is 5.71. The van der Waals surface area contributed by atoms with Gasteiger partial charge in [0, 0.05) is 0 Å². The molecule has 0 fully saturated rings. The second-order valence-electron chi connectivity index (χ2n) is 1.58. The Morgan fingerprint density at radius 2 is 0.812 bits per heavy atom. The van der Waals surface area contributed by atoms with Crippen LogP contribution >= 0.6 is 23.5 Å². The average Bonchev–Trinajstić information content (AvgIpc) is 1.42. The van der Waals surface area contributed by atoms with Crippen molar-refractivity contribution < 1.29 is 52.3 Å². The molecule has 7 N–H and O–H groups in total. The summed E-state index contributed by atoms with van der Waals surface area (Å²) in [6.45, 7) is 0. The zero-order chi connectivity index (χ0) is 12.2. The van der Waals surface area contributed by atoms with Crippen LogP contribution < -0.4 is 0 Å². The van der Waals surface area contributed by atoms with Crippen LogP contribution in [0.5, 0.6) is 0 Å². The molecule has 0 unspecified atom stereocenters. The number of hydrogen-bond acceptors (Lipinski definition) is 4. The molecule has 96 valence electrons. The molecule has 0 saturated carbocycles. The van der Waals surface area contributed by atoms with Gasteiger partial charge < -0.3 is 34.3 Å². The molecule has 0 radical (unpaired) electrons. The maximum absolute atomic E-state index is 9.63. The predicted molar refractivity (Wildman–Crippen MR) is 56.5 cm³/mol. The molecule has 0 atom stereocenters. The summed E-state index contributed by atoms with van der Waals surface area (Å²) in [5.41, 5.74) is 0. The summed E-state index contributed by atoms with van der Waals surface area (Å²) >= 11 is 0. The van der Waals surface area contributed by atoms with E-state index in [1.54, 1.807) is 0 Å². The SMILES string of the molecule is O=P(O)(O)O.O=P(O)(O)OP(=O)(O)O.[CaH2].[MgH2]. The van der Waals surface area contributed by atoms with Crippen LogP contribution in [0.15, 0.2) is 0 Å². The second-order valence-corrected chi connectivity index (χ2v) is 5.22. The molecule has 0 bridgehead atoms. The summed E-state index contributed by atoms with van der Waals surface area (Å²) in [5, 5.41) is 0. The number of hydrogen-bond donors (Lipinski definition) is 7. The smallest absolute Gasteiger partial charge is 0.316 e. The number of rotatable bonds is 2. The molecule has 0 aliphatic rings. The van der Waals surface area contributed by atoms with Gasteiger partial charge in [0.05, 0.1) is 0 Å². The first kappa shape index (κ1) is 26.9. The van der Waals surface area contributed by atoms with E-state index < -0.39 is 23.5 Å². The molecular formula is H11CaMgO11P3. The van der Waals surface area contributed by atoms with Crippen molar-refractivity contribution in [2.75, 3.05) is 0 Å². The summed E-state index contributed by atoms with van der Waals surface area (Å²) in [6.07, 6.45) is 0. The van der Waals surface area contributed by atoms with Gasteiger partial charge in [-0.15, -0.1) is 0 Å². The fraction of sp³-hybridized carbons (Fsp3) is 0. The van der Waals surface area contributed by atoms with E-state index in [0.717, 1.165) is 0 Å². The zero-order valence-corrected chi connectivity index (χ0v) is 8.79. The van der Waals surface area contributed by atoms with Crippen LogP contribution in [-0.4, -0.2) is 95.0 Å². The Balaban J connectivity index is -0.0000000904. The van der Waals surface area contributed by atoms with E-state index >= 15 is 0 Å². The molecule has 0 aliphatic heterocycles. The predicted octanol–water partition coefficient (Wildman–Crippen LogP) is -3.57. The molecule has 16 heteroatoms. The van der Waals surface area contributed by atoms with Crippen LogP contribution in [0.25, 0.3) is 0 Å². The minimum Gasteiger partial charge on any atom is 0.316 e. The number of phosphoric acid groups is 3. The molecule has 0 spiro atoms. The first-order valence-electron chi connectivity index (χ1n) is 2.31. The van der Waals surface area contributed by atoms with Crippen molar-refractivity contribution in [2.45, 2.75) is 0 Å². The van der Waals surface area contributed by atoms with Crippen LogP contribution in [0, 0.1) is 0 Å². The summed E-state index contributed by atoms with van der Waals surface area (Å²) in [6, 6.07) is 0. The van der Waals surface area contributed by atoms with Gasteiger partial charge in [-0.25, -0.2) is 13.7 Å². The van der Waals surface area contributed by atoms with Crippen molar-refractivity contribution >= 4 is 84.3 Å². The molecule has 0 aliphatic carbocycles. The standard InChI is InChI=1S/Ca.Mg.H4O7P2.H3O4P.4H/c;;1-8(2,3)7-9(4,5)6;1-5(2,3)4;;;;/h;;(H2,1,2,3)(H2,4,5,6);(H3,1,2,3,4);;;;. The fourth-order valence-corrected chi connectivity index (χ4v) is 1.25. The average molecular weight is 344 g/mol. The van der Waals surface area contributed by atoms with Crippen molar-refractivity contribution in [1.29, 1.82) is 0 Å². The second kappa shape index (κ2) is 10.2. The van der Waals surface area contributed by atoms with Crippen LogP contribution in [0.3, 0.4) is 0 Å². The van der Waals surface area contributed by atoms with Gasteiger partial charge in [-0.3, -0.25) is 0 Å². The van der Waals surface area contributed by atoms with E-state index in [1.807, 2.05) is 0 Å². The Bertz CT molecular complexity index is 264. The normalized spacial score (nSPS) is 11.4. The van der Waals surface area contributed by atoms with Crippen LogP contribution in [0.4, 0.5) is 0 Å². The van der Waals surface area contributed by atoms with Crippen molar-refractivity contribution in [3.8, 4) is 0 Å². The molecule has 11 nitrogen and oxygen atoms in total. The molecule has 0 amide bonds. The van der Waals surface area contributed by atoms with Gasteiger partial charge in [-0.1, -0.05) is 0 Å². The summed E-state index contributed by atoms with van der Waals surface area (Å²) < 4.78 is 31.1. The van der Waals surface area contributed by atoms with E-state index in [9.17, 15) is 9.13 Å². The van der Waals surface area contributed by atoms with Crippen LogP contribution in [-0.2, 0) is 18.0 Å². The molecule has 16 heavy (non-hydrogen) atoms. The minimum absolute atomic E-state index is 0. The van der Waals surface area contributed by atoms with Gasteiger partial charge in [-0.2, -0.15) is 4.31 Å². The maximum Gasteiger partial charge on any atom is 0.316 e. The van der Waals surface area contributed by atoms with Gasteiger partial charge >= 0.3 is 84.3 Å². The van der Waals surface area contributed by atoms with Gasteiger partial charge in [0.2, 0.25) is 0 Å². The third-order valence-corrected chi connectivity index (χ3v) is 1.91. The molecule has 0 aromatic rings. The summed E-state index contributed by atoms with van der Waals surface area (Å²) in [5.74, 6) is 0. The largest absolute Gasteiger partial charge is 0.316 e. The van der Waals surface area contributed by atoms with Crippen molar-refractivity contribution in [1.82, 2.24) is 0 Å². The third kappa shape index (κ3) is 55.1. The Labute approximate surface area is 135 Å². The zero-order valence-electron chi connectivity index (χ0n) is 6.11. The van der Waals surface area contributed by atoms with E-state index in [-0.39, 0.29) is 60.8 Å². The monoisotopic (exact) mass is 344 g/mol. The first-order valence-corrected chi connectivity index (χ1v) is 6.94.